The normalized spacial score (nSPS) is 34.6. The monoisotopic (exact) mass is 281 g/mol. The highest BCUT2D eigenvalue weighted by Gasteiger charge is 2.50. The molecule has 104 valence electrons. The van der Waals surface area contributed by atoms with Crippen molar-refractivity contribution in [2.24, 2.45) is 5.92 Å². The fourth-order valence-corrected chi connectivity index (χ4v) is 4.85. The number of thiophene rings is 1. The Bertz CT molecular complexity index is 448. The van der Waals surface area contributed by atoms with Crippen LogP contribution in [0.1, 0.15) is 30.1 Å². The zero-order valence-electron chi connectivity index (χ0n) is 10.7. The minimum atomic E-state index is -0.668. The Morgan fingerprint density at radius 3 is 2.95 bits per heavy atom. The van der Waals surface area contributed by atoms with Crippen LogP contribution in [0, 0.1) is 5.92 Å². The topological polar surface area (TPSA) is 60.8 Å². The Hall–Kier alpha value is -0.910. The molecule has 5 heteroatoms. The smallest absolute Gasteiger partial charge is 0.307 e. The third-order valence-corrected chi connectivity index (χ3v) is 5.59. The molecule has 2 bridgehead atoms. The number of nitrogens with zero attached hydrogens (tertiary/aromatic N) is 1. The lowest BCUT2D eigenvalue weighted by Gasteiger charge is -2.42. The molecule has 0 spiro atoms. The number of hydrogen-bond donors (Lipinski definition) is 2. The van der Waals surface area contributed by atoms with Crippen molar-refractivity contribution in [2.75, 3.05) is 13.2 Å². The molecule has 1 aromatic rings. The van der Waals surface area contributed by atoms with E-state index in [0.29, 0.717) is 19.0 Å². The average Bonchev–Trinajstić information content (AvgIpc) is 2.98. The molecular formula is C14H19NO3S. The Labute approximate surface area is 116 Å². The molecule has 4 nitrogen and oxygen atoms in total. The Kier molecular flexibility index (Phi) is 3.60. The summed E-state index contributed by atoms with van der Waals surface area (Å²) in [6, 6.07) is 4.68. The first-order chi connectivity index (χ1) is 9.22. The Balaban J connectivity index is 1.93. The molecular weight excluding hydrogens is 262 g/mol. The zero-order valence-corrected chi connectivity index (χ0v) is 11.6. The van der Waals surface area contributed by atoms with Gasteiger partial charge in [0.2, 0.25) is 0 Å². The maximum absolute atomic E-state index is 11.6. The van der Waals surface area contributed by atoms with E-state index in [9.17, 15) is 15.0 Å². The van der Waals surface area contributed by atoms with Crippen LogP contribution in [0.25, 0.3) is 0 Å². The summed E-state index contributed by atoms with van der Waals surface area (Å²) in [5, 5.41) is 20.8. The minimum Gasteiger partial charge on any atom is -0.481 e. The van der Waals surface area contributed by atoms with Crippen molar-refractivity contribution in [3.05, 3.63) is 22.4 Å². The van der Waals surface area contributed by atoms with Gasteiger partial charge in [0.05, 0.1) is 12.5 Å². The maximum Gasteiger partial charge on any atom is 0.307 e. The van der Waals surface area contributed by atoms with Gasteiger partial charge < -0.3 is 10.2 Å². The third-order valence-electron chi connectivity index (χ3n) is 4.61. The quantitative estimate of drug-likeness (QED) is 0.883. The average molecular weight is 281 g/mol. The van der Waals surface area contributed by atoms with Crippen molar-refractivity contribution in [1.29, 1.82) is 0 Å². The van der Waals surface area contributed by atoms with Crippen LogP contribution in [0.2, 0.25) is 0 Å². The molecule has 2 saturated heterocycles. The number of aliphatic hydroxyl groups is 1. The van der Waals surface area contributed by atoms with E-state index in [1.807, 2.05) is 11.4 Å². The first kappa shape index (κ1) is 13.1. The number of aliphatic carboxylic acids is 1. The fourth-order valence-electron chi connectivity index (χ4n) is 3.90. The SMILES string of the molecule is O=C(O)[C@H]1C[C@@H]2CC[C@H]([C@H]1c1cccs1)N2CCO. The van der Waals surface area contributed by atoms with Crippen LogP contribution < -0.4 is 0 Å². The predicted molar refractivity (Wildman–Crippen MR) is 73.4 cm³/mol. The van der Waals surface area contributed by atoms with Crippen molar-refractivity contribution in [3.63, 3.8) is 0 Å². The summed E-state index contributed by atoms with van der Waals surface area (Å²) in [4.78, 5) is 15.1. The van der Waals surface area contributed by atoms with Crippen LogP contribution in [0.4, 0.5) is 0 Å². The summed E-state index contributed by atoms with van der Waals surface area (Å²) in [6.45, 7) is 0.825. The van der Waals surface area contributed by atoms with Gasteiger partial charge in [0.1, 0.15) is 0 Å². The molecule has 0 unspecified atom stereocenters. The number of piperidine rings is 1. The molecule has 0 aromatic carbocycles. The van der Waals surface area contributed by atoms with Crippen LogP contribution in [0.5, 0.6) is 0 Å². The largest absolute Gasteiger partial charge is 0.481 e. The maximum atomic E-state index is 11.6. The van der Waals surface area contributed by atoms with E-state index >= 15 is 0 Å². The summed E-state index contributed by atoms with van der Waals surface area (Å²) in [5.41, 5.74) is 0. The van der Waals surface area contributed by atoms with Gasteiger partial charge in [-0.3, -0.25) is 9.69 Å². The first-order valence-electron chi connectivity index (χ1n) is 6.85. The van der Waals surface area contributed by atoms with E-state index in [-0.39, 0.29) is 24.5 Å². The molecule has 19 heavy (non-hydrogen) atoms. The summed E-state index contributed by atoms with van der Waals surface area (Å²) in [6.07, 6.45) is 2.84. The van der Waals surface area contributed by atoms with Gasteiger partial charge in [-0.1, -0.05) is 6.07 Å². The second-order valence-corrected chi connectivity index (χ2v) is 6.46. The molecule has 3 rings (SSSR count). The number of aliphatic hydroxyl groups excluding tert-OH is 1. The molecule has 1 aromatic heterocycles. The van der Waals surface area contributed by atoms with E-state index in [4.69, 9.17) is 0 Å². The zero-order chi connectivity index (χ0) is 13.4. The van der Waals surface area contributed by atoms with E-state index < -0.39 is 5.97 Å². The van der Waals surface area contributed by atoms with Gasteiger partial charge in [0.25, 0.3) is 0 Å². The summed E-state index contributed by atoms with van der Waals surface area (Å²) in [7, 11) is 0. The molecule has 2 aliphatic heterocycles. The van der Waals surface area contributed by atoms with Crippen molar-refractivity contribution in [3.8, 4) is 0 Å². The molecule has 0 radical (unpaired) electrons. The first-order valence-corrected chi connectivity index (χ1v) is 7.73. The number of carbonyl (C=O) groups is 1. The lowest BCUT2D eigenvalue weighted by Crippen LogP contribution is -2.50. The second-order valence-electron chi connectivity index (χ2n) is 5.48. The standard InChI is InChI=1S/C14H19NO3S/c16-6-5-15-9-3-4-11(15)13(10(8-9)14(17)18)12-2-1-7-19-12/h1-2,7,9-11,13,16H,3-6,8H2,(H,17,18)/t9-,10-,11+,13-/m0/s1. The van der Waals surface area contributed by atoms with Crippen molar-refractivity contribution in [2.45, 2.75) is 37.3 Å². The fraction of sp³-hybridized carbons (Fsp3) is 0.643. The van der Waals surface area contributed by atoms with Crippen LogP contribution in [-0.4, -0.2) is 46.3 Å². The molecule has 2 N–H and O–H groups in total. The van der Waals surface area contributed by atoms with Gasteiger partial charge in [0.15, 0.2) is 0 Å². The highest BCUT2D eigenvalue weighted by Crippen LogP contribution is 2.48. The Morgan fingerprint density at radius 1 is 1.47 bits per heavy atom. The van der Waals surface area contributed by atoms with Crippen molar-refractivity contribution in [1.82, 2.24) is 4.90 Å². The molecule has 0 amide bonds. The Morgan fingerprint density at radius 2 is 2.32 bits per heavy atom. The van der Waals surface area contributed by atoms with Gasteiger partial charge in [-0.25, -0.2) is 0 Å². The lowest BCUT2D eigenvalue weighted by atomic mass is 9.79. The van der Waals surface area contributed by atoms with E-state index in [0.717, 1.165) is 12.8 Å². The van der Waals surface area contributed by atoms with E-state index in [1.54, 1.807) is 11.3 Å². The van der Waals surface area contributed by atoms with Crippen molar-refractivity contribution < 1.29 is 15.0 Å². The highest BCUT2D eigenvalue weighted by molar-refractivity contribution is 7.10. The molecule has 0 saturated carbocycles. The van der Waals surface area contributed by atoms with E-state index in [2.05, 4.69) is 11.0 Å². The molecule has 4 atom stereocenters. The van der Waals surface area contributed by atoms with Crippen LogP contribution >= 0.6 is 11.3 Å². The molecule has 0 aliphatic carbocycles. The number of hydrogen-bond acceptors (Lipinski definition) is 4. The van der Waals surface area contributed by atoms with E-state index in [1.165, 1.54) is 4.88 Å². The molecule has 2 aliphatic rings. The van der Waals surface area contributed by atoms with Gasteiger partial charge in [-0.15, -0.1) is 11.3 Å². The molecule has 3 heterocycles. The second kappa shape index (κ2) is 5.23. The highest BCUT2D eigenvalue weighted by atomic mass is 32.1. The minimum absolute atomic E-state index is 0.0859. The molecule has 2 fully saturated rings. The van der Waals surface area contributed by atoms with Crippen LogP contribution in [-0.2, 0) is 4.79 Å². The summed E-state index contributed by atoms with van der Waals surface area (Å²) in [5.74, 6) is -0.854. The van der Waals surface area contributed by atoms with Crippen molar-refractivity contribution >= 4 is 17.3 Å². The summed E-state index contributed by atoms with van der Waals surface area (Å²) >= 11 is 1.66. The van der Waals surface area contributed by atoms with Gasteiger partial charge in [0, 0.05) is 29.4 Å². The number of carboxylic acids is 1. The third kappa shape index (κ3) is 2.20. The summed E-state index contributed by atoms with van der Waals surface area (Å²) < 4.78 is 0. The number of fused-ring (bicyclic) bond motifs is 2. The van der Waals surface area contributed by atoms with Gasteiger partial charge in [-0.05, 0) is 30.7 Å². The van der Waals surface area contributed by atoms with Crippen LogP contribution in [0.3, 0.4) is 0 Å². The lowest BCUT2D eigenvalue weighted by molar-refractivity contribution is -0.145. The number of rotatable bonds is 4. The van der Waals surface area contributed by atoms with Gasteiger partial charge in [-0.2, -0.15) is 0 Å². The number of carboxylic acid groups (broad SMARTS) is 1. The predicted octanol–water partition coefficient (Wildman–Crippen LogP) is 1.76. The van der Waals surface area contributed by atoms with Crippen LogP contribution in [0.15, 0.2) is 17.5 Å². The van der Waals surface area contributed by atoms with Gasteiger partial charge >= 0.3 is 5.97 Å².